The van der Waals surface area contributed by atoms with E-state index >= 15 is 0 Å². The van der Waals surface area contributed by atoms with Gasteiger partial charge in [-0.15, -0.1) is 0 Å². The molecule has 154 valence electrons. The Morgan fingerprint density at radius 2 is 1.97 bits per heavy atom. The molecule has 0 saturated carbocycles. The zero-order valence-electron chi connectivity index (χ0n) is 17.1. The van der Waals surface area contributed by atoms with E-state index in [2.05, 4.69) is 42.3 Å². The van der Waals surface area contributed by atoms with Gasteiger partial charge < -0.3 is 20.4 Å². The highest BCUT2D eigenvalue weighted by Gasteiger charge is 2.20. The van der Waals surface area contributed by atoms with Crippen molar-refractivity contribution < 1.29 is 4.79 Å². The van der Waals surface area contributed by atoms with Crippen LogP contribution < -0.4 is 15.5 Å². The average molecular weight is 396 g/mol. The lowest BCUT2D eigenvalue weighted by molar-refractivity contribution is -0.116. The molecule has 8 nitrogen and oxygen atoms in total. The van der Waals surface area contributed by atoms with Crippen LogP contribution in [0.1, 0.15) is 19.0 Å². The number of hydrogen-bond donors (Lipinski definition) is 2. The first-order valence-electron chi connectivity index (χ1n) is 10.1. The third-order valence-electron chi connectivity index (χ3n) is 4.64. The molecule has 2 aromatic rings. The van der Waals surface area contributed by atoms with Gasteiger partial charge in [-0.2, -0.15) is 0 Å². The molecule has 0 atom stereocenters. The Morgan fingerprint density at radius 1 is 1.14 bits per heavy atom. The molecule has 0 aliphatic carbocycles. The zero-order valence-corrected chi connectivity index (χ0v) is 17.1. The fourth-order valence-corrected chi connectivity index (χ4v) is 3.20. The van der Waals surface area contributed by atoms with Crippen molar-refractivity contribution in [2.24, 2.45) is 4.99 Å². The van der Waals surface area contributed by atoms with E-state index in [1.807, 2.05) is 43.5 Å². The average Bonchev–Trinajstić information content (AvgIpc) is 2.74. The third kappa shape index (κ3) is 6.17. The lowest BCUT2D eigenvalue weighted by Gasteiger charge is -2.37. The zero-order chi connectivity index (χ0) is 20.5. The van der Waals surface area contributed by atoms with Crippen molar-refractivity contribution in [1.82, 2.24) is 20.2 Å². The quantitative estimate of drug-likeness (QED) is 0.574. The second-order valence-corrected chi connectivity index (χ2v) is 6.86. The van der Waals surface area contributed by atoms with Crippen molar-refractivity contribution in [3.05, 3.63) is 48.3 Å². The largest absolute Gasteiger partial charge is 0.357 e. The van der Waals surface area contributed by atoms with Gasteiger partial charge in [0, 0.05) is 51.0 Å². The highest BCUT2D eigenvalue weighted by atomic mass is 16.1. The summed E-state index contributed by atoms with van der Waals surface area (Å²) in [5.74, 6) is 2.37. The molecule has 29 heavy (non-hydrogen) atoms. The summed E-state index contributed by atoms with van der Waals surface area (Å²) in [6.45, 7) is 8.68. The van der Waals surface area contributed by atoms with Crippen molar-refractivity contribution >= 4 is 23.5 Å². The van der Waals surface area contributed by atoms with Crippen LogP contribution in [-0.4, -0.2) is 66.0 Å². The van der Waals surface area contributed by atoms with Crippen molar-refractivity contribution in [3.63, 3.8) is 0 Å². The first-order chi connectivity index (χ1) is 14.2. The fraction of sp³-hybridized carbons (Fsp3) is 0.429. The number of guanidine groups is 1. The van der Waals surface area contributed by atoms with E-state index in [9.17, 15) is 4.79 Å². The molecule has 0 bridgehead atoms. The number of nitrogens with zero attached hydrogens (tertiary/aromatic N) is 5. The highest BCUT2D eigenvalue weighted by Crippen LogP contribution is 2.12. The minimum atomic E-state index is -0.0809. The molecule has 2 aromatic heterocycles. The Kier molecular flexibility index (Phi) is 7.38. The molecule has 8 heteroatoms. The molecule has 0 unspecified atom stereocenters. The molecule has 1 fully saturated rings. The van der Waals surface area contributed by atoms with E-state index < -0.39 is 0 Å². The number of anilines is 2. The number of aryl methyl sites for hydroxylation is 1. The number of rotatable bonds is 6. The molecule has 2 N–H and O–H groups in total. The van der Waals surface area contributed by atoms with Gasteiger partial charge in [-0.25, -0.2) is 9.97 Å². The van der Waals surface area contributed by atoms with E-state index in [0.29, 0.717) is 18.8 Å². The number of nitrogens with one attached hydrogen (secondary N) is 2. The lowest BCUT2D eigenvalue weighted by atomic mass is 10.3. The second-order valence-electron chi connectivity index (χ2n) is 6.86. The lowest BCUT2D eigenvalue weighted by Crippen LogP contribution is -2.52. The predicted molar refractivity (Wildman–Crippen MR) is 116 cm³/mol. The number of hydrogen-bond acceptors (Lipinski definition) is 5. The molecule has 1 aliphatic rings. The summed E-state index contributed by atoms with van der Waals surface area (Å²) >= 11 is 0. The molecule has 0 radical (unpaired) electrons. The maximum atomic E-state index is 12.2. The van der Waals surface area contributed by atoms with Gasteiger partial charge >= 0.3 is 0 Å². The van der Waals surface area contributed by atoms with Crippen molar-refractivity contribution in [3.8, 4) is 0 Å². The SMILES string of the molecule is CCNC(=NCCC(=O)Nc1cccc(C)n1)N1CCN(c2ccccn2)CC1. The van der Waals surface area contributed by atoms with Crippen molar-refractivity contribution in [1.29, 1.82) is 0 Å². The number of aromatic nitrogens is 2. The van der Waals surface area contributed by atoms with Gasteiger partial charge in [0.1, 0.15) is 11.6 Å². The topological polar surface area (TPSA) is 85.7 Å². The van der Waals surface area contributed by atoms with Crippen LogP contribution in [0, 0.1) is 6.92 Å². The van der Waals surface area contributed by atoms with E-state index in [-0.39, 0.29) is 5.91 Å². The summed E-state index contributed by atoms with van der Waals surface area (Å²) < 4.78 is 0. The fourth-order valence-electron chi connectivity index (χ4n) is 3.20. The minimum absolute atomic E-state index is 0.0809. The van der Waals surface area contributed by atoms with Crippen LogP contribution in [-0.2, 0) is 4.79 Å². The van der Waals surface area contributed by atoms with E-state index in [1.165, 1.54) is 0 Å². The summed E-state index contributed by atoms with van der Waals surface area (Å²) in [6, 6.07) is 11.6. The smallest absolute Gasteiger partial charge is 0.227 e. The summed E-state index contributed by atoms with van der Waals surface area (Å²) in [5.41, 5.74) is 0.875. The number of carbonyl (C=O) groups excluding carboxylic acids is 1. The Morgan fingerprint density at radius 3 is 2.66 bits per heavy atom. The Balaban J connectivity index is 1.50. The van der Waals surface area contributed by atoms with Crippen molar-refractivity contribution in [2.75, 3.05) is 49.5 Å². The van der Waals surface area contributed by atoms with Gasteiger partial charge in [-0.05, 0) is 38.1 Å². The Labute approximate surface area is 172 Å². The Bertz CT molecular complexity index is 817. The van der Waals surface area contributed by atoms with E-state index in [4.69, 9.17) is 0 Å². The number of amides is 1. The number of piperazine rings is 1. The van der Waals surface area contributed by atoms with Crippen LogP contribution in [0.5, 0.6) is 0 Å². The number of aliphatic imine (C=N–C) groups is 1. The van der Waals surface area contributed by atoms with Crippen LogP contribution in [0.4, 0.5) is 11.6 Å². The third-order valence-corrected chi connectivity index (χ3v) is 4.64. The molecule has 1 saturated heterocycles. The molecule has 3 heterocycles. The normalized spacial score (nSPS) is 14.6. The highest BCUT2D eigenvalue weighted by molar-refractivity contribution is 5.90. The maximum absolute atomic E-state index is 12.2. The van der Waals surface area contributed by atoms with Crippen LogP contribution >= 0.6 is 0 Å². The van der Waals surface area contributed by atoms with Gasteiger partial charge in [-0.1, -0.05) is 12.1 Å². The molecular formula is C21H29N7O. The summed E-state index contributed by atoms with van der Waals surface area (Å²) in [4.78, 5) is 30.1. The molecular weight excluding hydrogens is 366 g/mol. The van der Waals surface area contributed by atoms with Crippen LogP contribution in [0.2, 0.25) is 0 Å². The monoisotopic (exact) mass is 395 g/mol. The van der Waals surface area contributed by atoms with Gasteiger partial charge in [0.25, 0.3) is 0 Å². The van der Waals surface area contributed by atoms with Crippen molar-refractivity contribution in [2.45, 2.75) is 20.3 Å². The van der Waals surface area contributed by atoms with E-state index in [0.717, 1.165) is 50.2 Å². The van der Waals surface area contributed by atoms with Crippen LogP contribution in [0.3, 0.4) is 0 Å². The second kappa shape index (κ2) is 10.4. The van der Waals surface area contributed by atoms with Gasteiger partial charge in [0.2, 0.25) is 5.91 Å². The summed E-state index contributed by atoms with van der Waals surface area (Å²) in [6.07, 6.45) is 2.14. The molecule has 3 rings (SSSR count). The van der Waals surface area contributed by atoms with Gasteiger partial charge in [0.15, 0.2) is 5.96 Å². The predicted octanol–water partition coefficient (Wildman–Crippen LogP) is 1.90. The number of pyridine rings is 2. The van der Waals surface area contributed by atoms with E-state index in [1.54, 1.807) is 6.07 Å². The number of carbonyl (C=O) groups is 1. The van der Waals surface area contributed by atoms with Crippen LogP contribution in [0.25, 0.3) is 0 Å². The molecule has 1 aliphatic heterocycles. The first kappa shape index (κ1) is 20.6. The molecule has 0 spiro atoms. The molecule has 1 amide bonds. The summed E-state index contributed by atoms with van der Waals surface area (Å²) in [5, 5.41) is 6.16. The standard InChI is InChI=1S/C21H29N7O/c1-3-22-21(24-12-10-20(29)26-18-8-6-7-17(2)25-18)28-15-13-27(14-16-28)19-9-4-5-11-23-19/h4-9,11H,3,10,12-16H2,1-2H3,(H,22,24)(H,25,26,29). The van der Waals surface area contributed by atoms with Crippen LogP contribution in [0.15, 0.2) is 47.6 Å². The maximum Gasteiger partial charge on any atom is 0.227 e. The molecule has 0 aromatic carbocycles. The van der Waals surface area contributed by atoms with Gasteiger partial charge in [0.05, 0.1) is 6.54 Å². The van der Waals surface area contributed by atoms with Gasteiger partial charge in [-0.3, -0.25) is 9.79 Å². The summed E-state index contributed by atoms with van der Waals surface area (Å²) in [7, 11) is 0. The first-order valence-corrected chi connectivity index (χ1v) is 10.1. The minimum Gasteiger partial charge on any atom is -0.357 e. The Hall–Kier alpha value is -3.16.